The SMILES string of the molecule is NC(=O)c1c(-c2ccccc2)ccnc1Cl. The van der Waals surface area contributed by atoms with Crippen molar-refractivity contribution in [3.63, 3.8) is 0 Å². The number of halogens is 1. The summed E-state index contributed by atoms with van der Waals surface area (Å²) < 4.78 is 0. The average molecular weight is 233 g/mol. The second kappa shape index (κ2) is 4.33. The van der Waals surface area contributed by atoms with E-state index in [0.717, 1.165) is 5.56 Å². The van der Waals surface area contributed by atoms with Gasteiger partial charge in [0.2, 0.25) is 0 Å². The van der Waals surface area contributed by atoms with E-state index >= 15 is 0 Å². The Morgan fingerprint density at radius 3 is 2.50 bits per heavy atom. The molecule has 0 aliphatic carbocycles. The summed E-state index contributed by atoms with van der Waals surface area (Å²) in [4.78, 5) is 15.2. The minimum atomic E-state index is -0.572. The van der Waals surface area contributed by atoms with Crippen molar-refractivity contribution >= 4 is 17.5 Å². The molecule has 2 rings (SSSR count). The highest BCUT2D eigenvalue weighted by Gasteiger charge is 2.14. The molecule has 1 aromatic carbocycles. The predicted molar refractivity (Wildman–Crippen MR) is 63.2 cm³/mol. The molecule has 1 amide bonds. The highest BCUT2D eigenvalue weighted by atomic mass is 35.5. The Hall–Kier alpha value is -1.87. The summed E-state index contributed by atoms with van der Waals surface area (Å²) in [5.74, 6) is -0.572. The molecule has 0 atom stereocenters. The van der Waals surface area contributed by atoms with Gasteiger partial charge in [0.15, 0.2) is 0 Å². The first-order chi connectivity index (χ1) is 7.70. The number of rotatable bonds is 2. The minimum Gasteiger partial charge on any atom is -0.365 e. The molecule has 1 heterocycles. The second-order valence-electron chi connectivity index (χ2n) is 3.25. The Bertz CT molecular complexity index is 526. The van der Waals surface area contributed by atoms with Crippen molar-refractivity contribution in [3.8, 4) is 11.1 Å². The second-order valence-corrected chi connectivity index (χ2v) is 3.61. The van der Waals surface area contributed by atoms with Gasteiger partial charge >= 0.3 is 0 Å². The Morgan fingerprint density at radius 1 is 1.19 bits per heavy atom. The molecule has 0 spiro atoms. The Kier molecular flexibility index (Phi) is 2.88. The van der Waals surface area contributed by atoms with Gasteiger partial charge in [0.25, 0.3) is 5.91 Å². The number of pyridine rings is 1. The van der Waals surface area contributed by atoms with Gasteiger partial charge in [-0.05, 0) is 17.2 Å². The van der Waals surface area contributed by atoms with E-state index in [1.165, 1.54) is 0 Å². The minimum absolute atomic E-state index is 0.133. The summed E-state index contributed by atoms with van der Waals surface area (Å²) in [6.45, 7) is 0. The number of benzene rings is 1. The van der Waals surface area contributed by atoms with Gasteiger partial charge in [0.05, 0.1) is 5.56 Å². The maximum absolute atomic E-state index is 11.3. The number of carbonyl (C=O) groups is 1. The van der Waals surface area contributed by atoms with E-state index in [-0.39, 0.29) is 10.7 Å². The summed E-state index contributed by atoms with van der Waals surface area (Å²) in [7, 11) is 0. The van der Waals surface area contributed by atoms with Crippen molar-refractivity contribution in [3.05, 3.63) is 53.3 Å². The van der Waals surface area contributed by atoms with Gasteiger partial charge in [0, 0.05) is 6.20 Å². The molecule has 0 aliphatic heterocycles. The molecule has 0 aliphatic rings. The molecule has 0 saturated carbocycles. The van der Waals surface area contributed by atoms with Crippen molar-refractivity contribution in [2.75, 3.05) is 0 Å². The molecular formula is C12H9ClN2O. The van der Waals surface area contributed by atoms with Crippen LogP contribution in [0, 0.1) is 0 Å². The third-order valence-corrected chi connectivity index (χ3v) is 2.52. The Labute approximate surface area is 97.9 Å². The van der Waals surface area contributed by atoms with E-state index in [4.69, 9.17) is 17.3 Å². The van der Waals surface area contributed by atoms with Gasteiger partial charge in [-0.25, -0.2) is 4.98 Å². The first-order valence-corrected chi connectivity index (χ1v) is 5.07. The molecule has 80 valence electrons. The number of primary amides is 1. The zero-order valence-corrected chi connectivity index (χ0v) is 9.11. The van der Waals surface area contributed by atoms with Crippen LogP contribution in [0.1, 0.15) is 10.4 Å². The molecule has 16 heavy (non-hydrogen) atoms. The monoisotopic (exact) mass is 232 g/mol. The van der Waals surface area contributed by atoms with E-state index in [1.807, 2.05) is 30.3 Å². The van der Waals surface area contributed by atoms with E-state index in [9.17, 15) is 4.79 Å². The van der Waals surface area contributed by atoms with E-state index < -0.39 is 5.91 Å². The van der Waals surface area contributed by atoms with Crippen LogP contribution in [0.3, 0.4) is 0 Å². The molecule has 2 N–H and O–H groups in total. The molecule has 2 aromatic rings. The van der Waals surface area contributed by atoms with E-state index in [2.05, 4.69) is 4.98 Å². The van der Waals surface area contributed by atoms with Gasteiger partial charge in [-0.3, -0.25) is 4.79 Å². The van der Waals surface area contributed by atoms with Crippen LogP contribution in [0.5, 0.6) is 0 Å². The van der Waals surface area contributed by atoms with Gasteiger partial charge in [-0.2, -0.15) is 0 Å². The predicted octanol–water partition coefficient (Wildman–Crippen LogP) is 2.50. The van der Waals surface area contributed by atoms with Crippen molar-refractivity contribution in [1.29, 1.82) is 0 Å². The van der Waals surface area contributed by atoms with Crippen LogP contribution >= 0.6 is 11.6 Å². The Morgan fingerprint density at radius 2 is 1.88 bits per heavy atom. The molecule has 0 saturated heterocycles. The highest BCUT2D eigenvalue weighted by molar-refractivity contribution is 6.33. The molecular weight excluding hydrogens is 224 g/mol. The molecule has 0 bridgehead atoms. The number of aromatic nitrogens is 1. The molecule has 1 aromatic heterocycles. The molecule has 0 unspecified atom stereocenters. The average Bonchev–Trinajstić information content (AvgIpc) is 2.29. The topological polar surface area (TPSA) is 56.0 Å². The van der Waals surface area contributed by atoms with Crippen molar-refractivity contribution < 1.29 is 4.79 Å². The highest BCUT2D eigenvalue weighted by Crippen LogP contribution is 2.26. The largest absolute Gasteiger partial charge is 0.365 e. The fourth-order valence-corrected chi connectivity index (χ4v) is 1.78. The van der Waals surface area contributed by atoms with Crippen LogP contribution in [-0.2, 0) is 0 Å². The zero-order valence-electron chi connectivity index (χ0n) is 8.35. The number of nitrogens with zero attached hydrogens (tertiary/aromatic N) is 1. The number of nitrogens with two attached hydrogens (primary N) is 1. The fourth-order valence-electron chi connectivity index (χ4n) is 1.53. The summed E-state index contributed by atoms with van der Waals surface area (Å²) in [5, 5.41) is 0.133. The summed E-state index contributed by atoms with van der Waals surface area (Å²) in [5.41, 5.74) is 7.14. The maximum atomic E-state index is 11.3. The third-order valence-electron chi connectivity index (χ3n) is 2.24. The normalized spacial score (nSPS) is 10.1. The summed E-state index contributed by atoms with van der Waals surface area (Å²) in [6, 6.07) is 11.2. The standard InChI is InChI=1S/C12H9ClN2O/c13-11-10(12(14)16)9(6-7-15-11)8-4-2-1-3-5-8/h1-7H,(H2,14,16). The van der Waals surface area contributed by atoms with Gasteiger partial charge < -0.3 is 5.73 Å². The van der Waals surface area contributed by atoms with Crippen LogP contribution in [0.25, 0.3) is 11.1 Å². The quantitative estimate of drug-likeness (QED) is 0.809. The van der Waals surface area contributed by atoms with Crippen LogP contribution in [0.15, 0.2) is 42.6 Å². The first kappa shape index (κ1) is 10.6. The van der Waals surface area contributed by atoms with E-state index in [0.29, 0.717) is 5.56 Å². The third kappa shape index (κ3) is 1.90. The van der Waals surface area contributed by atoms with Gasteiger partial charge in [-0.15, -0.1) is 0 Å². The van der Waals surface area contributed by atoms with E-state index in [1.54, 1.807) is 12.3 Å². The van der Waals surface area contributed by atoms with Crippen LogP contribution in [0.2, 0.25) is 5.15 Å². The van der Waals surface area contributed by atoms with Crippen LogP contribution < -0.4 is 5.73 Å². The van der Waals surface area contributed by atoms with Crippen LogP contribution in [0.4, 0.5) is 0 Å². The molecule has 3 nitrogen and oxygen atoms in total. The number of carbonyl (C=O) groups excluding carboxylic acids is 1. The van der Waals surface area contributed by atoms with Crippen LogP contribution in [-0.4, -0.2) is 10.9 Å². The maximum Gasteiger partial charge on any atom is 0.252 e. The number of hydrogen-bond acceptors (Lipinski definition) is 2. The zero-order chi connectivity index (χ0) is 11.5. The molecule has 0 radical (unpaired) electrons. The molecule has 4 heteroatoms. The lowest BCUT2D eigenvalue weighted by Crippen LogP contribution is -2.13. The number of hydrogen-bond donors (Lipinski definition) is 1. The lowest BCUT2D eigenvalue weighted by Gasteiger charge is -2.07. The first-order valence-electron chi connectivity index (χ1n) is 4.70. The lowest BCUT2D eigenvalue weighted by molar-refractivity contribution is 0.100. The van der Waals surface area contributed by atoms with Crippen molar-refractivity contribution in [2.24, 2.45) is 5.73 Å². The summed E-state index contributed by atoms with van der Waals surface area (Å²) >= 11 is 5.86. The van der Waals surface area contributed by atoms with Crippen molar-refractivity contribution in [1.82, 2.24) is 4.98 Å². The molecule has 0 fully saturated rings. The fraction of sp³-hybridized carbons (Fsp3) is 0. The summed E-state index contributed by atoms with van der Waals surface area (Å²) in [6.07, 6.45) is 1.55. The Balaban J connectivity index is 2.66. The lowest BCUT2D eigenvalue weighted by atomic mass is 10.0. The van der Waals surface area contributed by atoms with Gasteiger partial charge in [-0.1, -0.05) is 41.9 Å². The smallest absolute Gasteiger partial charge is 0.252 e. The van der Waals surface area contributed by atoms with Gasteiger partial charge in [0.1, 0.15) is 5.15 Å². The van der Waals surface area contributed by atoms with Crippen molar-refractivity contribution in [2.45, 2.75) is 0 Å². The number of amides is 1.